The number of primary amides is 1. The molecule has 9 nitrogen and oxygen atoms in total. The zero-order valence-electron chi connectivity index (χ0n) is 18.3. The fourth-order valence-corrected chi connectivity index (χ4v) is 5.98. The molecule has 3 N–H and O–H groups in total. The van der Waals surface area contributed by atoms with Crippen molar-refractivity contribution >= 4 is 36.1 Å². The molecule has 2 aliphatic heterocycles. The van der Waals surface area contributed by atoms with E-state index >= 15 is 0 Å². The summed E-state index contributed by atoms with van der Waals surface area (Å²) in [7, 11) is -2.39. The second-order valence-electron chi connectivity index (χ2n) is 9.32. The maximum atomic E-state index is 13.0. The number of benzene rings is 1. The number of nitrogens with zero attached hydrogens (tertiary/aromatic N) is 3. The van der Waals surface area contributed by atoms with Crippen molar-refractivity contribution in [3.05, 3.63) is 24.3 Å². The summed E-state index contributed by atoms with van der Waals surface area (Å²) in [6, 6.07) is 9.32. The fraction of sp³-hybridized carbons (Fsp3) is 0.545. The van der Waals surface area contributed by atoms with Crippen molar-refractivity contribution in [3.8, 4) is 6.07 Å². The van der Waals surface area contributed by atoms with Gasteiger partial charge >= 0.3 is 0 Å². The molecule has 1 aromatic rings. The van der Waals surface area contributed by atoms with Gasteiger partial charge in [0, 0.05) is 29.8 Å². The molecule has 10 heteroatoms. The van der Waals surface area contributed by atoms with Gasteiger partial charge in [0.15, 0.2) is 5.41 Å². The fourth-order valence-electron chi connectivity index (χ4n) is 5.11. The maximum Gasteiger partial charge on any atom is 0.237 e. The topological polar surface area (TPSA) is 139 Å². The van der Waals surface area contributed by atoms with E-state index < -0.39 is 23.9 Å². The molecule has 1 aromatic carbocycles. The van der Waals surface area contributed by atoms with E-state index in [9.17, 15) is 14.6 Å². The predicted octanol–water partition coefficient (Wildman–Crippen LogP) is 2.59. The standard InChI is InChI=1S/C22H28N5O4P/c1-32(2,29)17-5-3-16(4-6-17)26-19-22(18(24)28,15-25-27-19)20(11-13-23)7-9-21(10-8-20)12-14-30-31-21/h3-6,15H,7-12,14H2,1-2H3,(H2,24,28)(H,26,27). The van der Waals surface area contributed by atoms with Crippen LogP contribution >= 0.6 is 7.14 Å². The number of hydrogen-bond acceptors (Lipinski definition) is 7. The molecular formula is C22H28N5O4P. The molecule has 0 aromatic heterocycles. The van der Waals surface area contributed by atoms with E-state index in [2.05, 4.69) is 21.6 Å². The second kappa shape index (κ2) is 8.11. The van der Waals surface area contributed by atoms with Crippen LogP contribution in [0.3, 0.4) is 0 Å². The van der Waals surface area contributed by atoms with Crippen LogP contribution in [0.1, 0.15) is 38.5 Å². The van der Waals surface area contributed by atoms with Gasteiger partial charge in [-0.1, -0.05) is 0 Å². The number of nitriles is 1. The van der Waals surface area contributed by atoms with E-state index in [1.54, 1.807) is 37.6 Å². The molecule has 0 bridgehead atoms. The van der Waals surface area contributed by atoms with Crippen molar-refractivity contribution in [2.24, 2.45) is 26.7 Å². The summed E-state index contributed by atoms with van der Waals surface area (Å²) in [6.45, 7) is 3.96. The van der Waals surface area contributed by atoms with E-state index in [0.29, 0.717) is 43.8 Å². The Hall–Kier alpha value is -2.53. The Bertz CT molecular complexity index is 1040. The van der Waals surface area contributed by atoms with Crippen LogP contribution in [0, 0.1) is 22.2 Å². The Labute approximate surface area is 187 Å². The molecule has 3 aliphatic rings. The molecule has 2 fully saturated rings. The van der Waals surface area contributed by atoms with E-state index in [1.165, 1.54) is 6.21 Å². The highest BCUT2D eigenvalue weighted by molar-refractivity contribution is 7.70. The highest BCUT2D eigenvalue weighted by atomic mass is 31.2. The third-order valence-electron chi connectivity index (χ3n) is 7.15. The Morgan fingerprint density at radius 3 is 2.47 bits per heavy atom. The quantitative estimate of drug-likeness (QED) is 0.515. The maximum absolute atomic E-state index is 13.0. The number of amidine groups is 1. The van der Waals surface area contributed by atoms with Gasteiger partial charge in [0.25, 0.3) is 0 Å². The van der Waals surface area contributed by atoms with Crippen LogP contribution in [-0.4, -0.2) is 43.5 Å². The molecule has 1 amide bonds. The summed E-state index contributed by atoms with van der Waals surface area (Å²) in [4.78, 5) is 28.4. The van der Waals surface area contributed by atoms with Gasteiger partial charge in [-0.25, -0.2) is 14.8 Å². The number of hydrogen-bond donors (Lipinski definition) is 2. The number of aliphatic imine (C=N–C) groups is 1. The van der Waals surface area contributed by atoms with Crippen LogP contribution in [0.15, 0.2) is 34.4 Å². The lowest BCUT2D eigenvalue weighted by atomic mass is 9.53. The number of amides is 1. The first kappa shape index (κ1) is 22.7. The number of hydrazone groups is 1. The highest BCUT2D eigenvalue weighted by Crippen LogP contribution is 2.57. The molecule has 170 valence electrons. The van der Waals surface area contributed by atoms with E-state index in [-0.39, 0.29) is 12.0 Å². The number of nitrogens with two attached hydrogens (primary N) is 1. The smallest absolute Gasteiger partial charge is 0.237 e. The van der Waals surface area contributed by atoms with Crippen molar-refractivity contribution in [1.82, 2.24) is 5.43 Å². The summed E-state index contributed by atoms with van der Waals surface area (Å²) < 4.78 is 12.3. The molecular weight excluding hydrogens is 429 g/mol. The highest BCUT2D eigenvalue weighted by Gasteiger charge is 2.62. The monoisotopic (exact) mass is 457 g/mol. The van der Waals surface area contributed by atoms with Crippen molar-refractivity contribution < 1.29 is 19.1 Å². The van der Waals surface area contributed by atoms with Crippen molar-refractivity contribution in [3.63, 3.8) is 0 Å². The normalized spacial score (nSPS) is 33.3. The molecule has 1 unspecified atom stereocenters. The van der Waals surface area contributed by atoms with Gasteiger partial charge in [-0.05, 0) is 63.3 Å². The van der Waals surface area contributed by atoms with Gasteiger partial charge in [0.05, 0.1) is 18.4 Å². The first-order valence-corrected chi connectivity index (χ1v) is 13.3. The third kappa shape index (κ3) is 3.66. The Kier molecular flexibility index (Phi) is 5.74. The van der Waals surface area contributed by atoms with Gasteiger partial charge in [0.2, 0.25) is 5.91 Å². The van der Waals surface area contributed by atoms with Gasteiger partial charge in [0.1, 0.15) is 18.6 Å². The SMILES string of the molecule is CP(C)(=O)c1ccc(N=C2NN=CC2(C(N)=O)C2(CC#N)CCC3(CCOO3)CC2)cc1. The lowest BCUT2D eigenvalue weighted by molar-refractivity contribution is -0.318. The van der Waals surface area contributed by atoms with Crippen molar-refractivity contribution in [2.75, 3.05) is 19.9 Å². The summed E-state index contributed by atoms with van der Waals surface area (Å²) >= 11 is 0. The lowest BCUT2D eigenvalue weighted by Gasteiger charge is -2.49. The molecule has 4 rings (SSSR count). The zero-order valence-corrected chi connectivity index (χ0v) is 19.2. The van der Waals surface area contributed by atoms with Gasteiger partial charge in [-0.3, -0.25) is 10.2 Å². The summed E-state index contributed by atoms with van der Waals surface area (Å²) in [5, 5.41) is 14.6. The first-order valence-electron chi connectivity index (χ1n) is 10.7. The van der Waals surface area contributed by atoms with E-state index in [1.807, 2.05) is 0 Å². The third-order valence-corrected chi connectivity index (χ3v) is 8.69. The molecule has 32 heavy (non-hydrogen) atoms. The molecule has 1 saturated heterocycles. The first-order chi connectivity index (χ1) is 15.2. The predicted molar refractivity (Wildman–Crippen MR) is 121 cm³/mol. The van der Waals surface area contributed by atoms with Crippen LogP contribution in [0.25, 0.3) is 0 Å². The number of rotatable bonds is 5. The second-order valence-corrected chi connectivity index (χ2v) is 12.5. The largest absolute Gasteiger partial charge is 0.368 e. The van der Waals surface area contributed by atoms with Gasteiger partial charge in [-0.15, -0.1) is 0 Å². The van der Waals surface area contributed by atoms with Crippen LogP contribution < -0.4 is 16.5 Å². The van der Waals surface area contributed by atoms with Crippen LogP contribution in [0.5, 0.6) is 0 Å². The lowest BCUT2D eigenvalue weighted by Crippen LogP contribution is -2.59. The van der Waals surface area contributed by atoms with Gasteiger partial charge in [-0.2, -0.15) is 10.4 Å². The average Bonchev–Trinajstić information content (AvgIpc) is 3.38. The van der Waals surface area contributed by atoms with Crippen LogP contribution in [-0.2, 0) is 19.1 Å². The van der Waals surface area contributed by atoms with E-state index in [4.69, 9.17) is 15.5 Å². The number of nitrogens with one attached hydrogen (secondary N) is 1. The zero-order chi connectivity index (χ0) is 23.0. The number of carbonyl (C=O) groups excluding carboxylic acids is 1. The molecule has 1 aliphatic carbocycles. The molecule has 1 spiro atoms. The van der Waals surface area contributed by atoms with E-state index in [0.717, 1.165) is 11.7 Å². The van der Waals surface area contributed by atoms with Crippen LogP contribution in [0.4, 0.5) is 5.69 Å². The molecule has 1 atom stereocenters. The molecule has 1 saturated carbocycles. The van der Waals surface area contributed by atoms with Crippen molar-refractivity contribution in [1.29, 1.82) is 5.26 Å². The Morgan fingerprint density at radius 2 is 1.94 bits per heavy atom. The number of carbonyl (C=O) groups is 1. The van der Waals surface area contributed by atoms with Crippen LogP contribution in [0.2, 0.25) is 0 Å². The summed E-state index contributed by atoms with van der Waals surface area (Å²) in [5.41, 5.74) is 6.96. The Morgan fingerprint density at radius 1 is 1.25 bits per heavy atom. The minimum absolute atomic E-state index is 0.132. The minimum Gasteiger partial charge on any atom is -0.368 e. The van der Waals surface area contributed by atoms with Gasteiger partial charge < -0.3 is 10.3 Å². The average molecular weight is 457 g/mol. The Balaban J connectivity index is 1.73. The summed E-state index contributed by atoms with van der Waals surface area (Å²) in [6.07, 6.45) is 4.84. The summed E-state index contributed by atoms with van der Waals surface area (Å²) in [5.74, 6) is -0.285. The van der Waals surface area contributed by atoms with Crippen molar-refractivity contribution in [2.45, 2.75) is 44.1 Å². The molecule has 0 radical (unpaired) electrons. The minimum atomic E-state index is -2.39. The molecule has 2 heterocycles.